The number of ether oxygens (including phenoxy) is 8. The smallest absolute Gasteiger partial charge is 0.341 e. The fourth-order valence-electron chi connectivity index (χ4n) is 21.1. The Morgan fingerprint density at radius 3 is 0.839 bits per heavy atom. The number of hydrogen-bond donors (Lipinski definition) is 8. The van der Waals surface area contributed by atoms with E-state index in [0.717, 1.165) is 196 Å². The van der Waals surface area contributed by atoms with Gasteiger partial charge in [-0.15, -0.1) is 0 Å². The maximum absolute atomic E-state index is 12.1. The Kier molecular flexibility index (Phi) is 43.4. The molecular weight excluding hydrogens is 1590 g/mol. The molecule has 4 fully saturated rings. The second-order valence-corrected chi connectivity index (χ2v) is 35.7. The van der Waals surface area contributed by atoms with Gasteiger partial charge in [0.25, 0.3) is 0 Å². The van der Waals surface area contributed by atoms with Crippen molar-refractivity contribution in [3.63, 3.8) is 0 Å². The Bertz CT molecular complexity index is 4020. The van der Waals surface area contributed by atoms with Crippen molar-refractivity contribution in [1.82, 2.24) is 0 Å². The van der Waals surface area contributed by atoms with Gasteiger partial charge in [0.1, 0.15) is 47.4 Å². The predicted octanol–water partition coefficient (Wildman–Crippen LogP) is 17.2. The Hall–Kier alpha value is -8.32. The van der Waals surface area contributed by atoms with E-state index in [2.05, 4.69) is 31.2 Å². The summed E-state index contributed by atoms with van der Waals surface area (Å²) in [6.07, 6.45) is 22.1. The average Bonchev–Trinajstić information content (AvgIpc) is 1.63. The third-order valence-corrected chi connectivity index (χ3v) is 27.1. The summed E-state index contributed by atoms with van der Waals surface area (Å²) in [5.74, 6) is 2.27. The lowest BCUT2D eigenvalue weighted by molar-refractivity contribution is -0.151. The summed E-state index contributed by atoms with van der Waals surface area (Å²) in [7, 11) is 0. The number of carboxylic acid groups (broad SMARTS) is 4. The summed E-state index contributed by atoms with van der Waals surface area (Å²) in [6, 6.07) is 23.3. The summed E-state index contributed by atoms with van der Waals surface area (Å²) in [6.45, 7) is 16.6. The topological polar surface area (TPSA) is 372 Å². The number of carbonyl (C=O) groups excluding carboxylic acids is 4. The first-order chi connectivity index (χ1) is 58.0. The molecule has 8 aliphatic rings. The lowest BCUT2D eigenvalue weighted by atomic mass is 9.73. The molecule has 0 heterocycles. The summed E-state index contributed by atoms with van der Waals surface area (Å²) in [5.41, 5.74) is 9.14. The fourth-order valence-corrected chi connectivity index (χ4v) is 21.1. The van der Waals surface area contributed by atoms with Gasteiger partial charge in [-0.25, -0.2) is 19.2 Å². The van der Waals surface area contributed by atoms with Crippen LogP contribution in [0.15, 0.2) is 72.8 Å². The zero-order valence-corrected chi connectivity index (χ0v) is 72.9. The zero-order valence-electron chi connectivity index (χ0n) is 72.9. The molecule has 20 atom stereocenters. The summed E-state index contributed by atoms with van der Waals surface area (Å²) in [4.78, 5) is 91.0. The van der Waals surface area contributed by atoms with Gasteiger partial charge in [-0.3, -0.25) is 19.2 Å². The monoisotopic (exact) mass is 1740 g/mol. The van der Waals surface area contributed by atoms with Crippen molar-refractivity contribution in [2.45, 2.75) is 332 Å². The Morgan fingerprint density at radius 1 is 0.347 bits per heavy atom. The van der Waals surface area contributed by atoms with E-state index in [1.165, 1.54) is 22.3 Å². The van der Waals surface area contributed by atoms with Crippen LogP contribution in [0.3, 0.4) is 0 Å². The highest BCUT2D eigenvalue weighted by atomic mass is 16.6. The lowest BCUT2D eigenvalue weighted by Gasteiger charge is -2.32. The van der Waals surface area contributed by atoms with Crippen molar-refractivity contribution in [3.8, 4) is 23.0 Å². The highest BCUT2D eigenvalue weighted by molar-refractivity contribution is 5.72. The molecule has 0 aliphatic heterocycles. The minimum Gasteiger partial charge on any atom is -0.482 e. The number of aliphatic hydroxyl groups is 4. The van der Waals surface area contributed by atoms with Gasteiger partial charge in [-0.1, -0.05) is 140 Å². The number of carbonyl (C=O) groups is 8. The average molecular weight is 1740 g/mol. The number of benzene rings is 4. The third-order valence-electron chi connectivity index (χ3n) is 27.1. The quantitative estimate of drug-likeness (QED) is 0.0151. The molecular formula is C100H150O24. The molecule has 0 amide bonds. The molecule has 8 aliphatic carbocycles. The number of fused-ring (bicyclic) bond motifs is 8. The molecule has 24 nitrogen and oxygen atoms in total. The van der Waals surface area contributed by atoms with Crippen LogP contribution < -0.4 is 18.9 Å². The Morgan fingerprint density at radius 2 is 0.605 bits per heavy atom. The highest BCUT2D eigenvalue weighted by Gasteiger charge is 2.50. The van der Waals surface area contributed by atoms with Gasteiger partial charge < -0.3 is 78.7 Å². The van der Waals surface area contributed by atoms with Crippen LogP contribution >= 0.6 is 0 Å². The molecule has 0 saturated heterocycles. The van der Waals surface area contributed by atoms with Crippen LogP contribution in [0.4, 0.5) is 0 Å². The number of esters is 4. The molecule has 0 spiro atoms. The van der Waals surface area contributed by atoms with Crippen LogP contribution in [0.2, 0.25) is 0 Å². The molecule has 0 unspecified atom stereocenters. The number of rotatable bonds is 40. The van der Waals surface area contributed by atoms with Crippen molar-refractivity contribution in [1.29, 1.82) is 0 Å². The fraction of sp³-hybridized carbons (Fsp3) is 0.680. The second-order valence-electron chi connectivity index (χ2n) is 35.7. The maximum Gasteiger partial charge on any atom is 0.341 e. The van der Waals surface area contributed by atoms with Crippen molar-refractivity contribution in [3.05, 3.63) is 117 Å². The van der Waals surface area contributed by atoms with Crippen LogP contribution in [-0.4, -0.2) is 164 Å². The Labute approximate surface area is 737 Å². The van der Waals surface area contributed by atoms with Crippen LogP contribution in [0.1, 0.15) is 277 Å². The normalized spacial score (nSPS) is 25.1. The first-order valence-electron chi connectivity index (χ1n) is 45.4. The number of carboxylic acids is 4. The van der Waals surface area contributed by atoms with Gasteiger partial charge in [0.05, 0.1) is 24.4 Å². The second kappa shape index (κ2) is 51.5. The minimum atomic E-state index is -0.984. The molecule has 0 aromatic heterocycles. The van der Waals surface area contributed by atoms with Crippen LogP contribution in [-0.2, 0) is 109 Å². The number of hydrogen-bond acceptors (Lipinski definition) is 20. The van der Waals surface area contributed by atoms with Crippen LogP contribution in [0, 0.1) is 76.9 Å². The van der Waals surface area contributed by atoms with Gasteiger partial charge in [0.2, 0.25) is 0 Å². The molecule has 124 heavy (non-hydrogen) atoms. The van der Waals surface area contributed by atoms with E-state index in [1.807, 2.05) is 97.0 Å². The van der Waals surface area contributed by atoms with E-state index in [9.17, 15) is 58.8 Å². The number of aliphatic hydroxyl groups excluding tert-OH is 4. The number of aliphatic carboxylic acids is 4. The van der Waals surface area contributed by atoms with Gasteiger partial charge in [0, 0.05) is 25.7 Å². The largest absolute Gasteiger partial charge is 0.482 e. The molecule has 24 heteroatoms. The van der Waals surface area contributed by atoms with E-state index in [-0.39, 0.29) is 151 Å². The first-order valence-corrected chi connectivity index (χ1v) is 45.4. The SMILES string of the molecule is C.C.C.CCC(=O)O[C@@H](CC)CC[C@@H]1[C@H]2Cc3cccc(OCC(=O)O)c3C[C@H]2C[C@H]1O.CCCC(=O)O[C@@H](CC)CC[C@@H]1[C@H]2Cc3cccc(OCC(=O)O)c3C[C@H]2C[C@H]1O.CCCCC(=O)O[C@@H](CC)CC[C@@H]1[C@H]2Cc3cccc(OCC(=O)O)c3C[C@H]2C[C@H]1O.CC[C@@H](CC[C@@H]1[C@H]2Cc3cccc(OCC(=O)O)c3C[C@H]2C[C@H]1O)OC(=O)CC(C)C. The van der Waals surface area contributed by atoms with E-state index in [0.29, 0.717) is 96.0 Å². The van der Waals surface area contributed by atoms with Crippen LogP contribution in [0.5, 0.6) is 23.0 Å². The van der Waals surface area contributed by atoms with E-state index >= 15 is 0 Å². The zero-order chi connectivity index (χ0) is 87.6. The predicted molar refractivity (Wildman–Crippen MR) is 474 cm³/mol. The first kappa shape index (κ1) is 104. The maximum atomic E-state index is 12.1. The van der Waals surface area contributed by atoms with Crippen molar-refractivity contribution < 1.29 is 117 Å². The van der Waals surface area contributed by atoms with Gasteiger partial charge in [-0.05, 0) is 313 Å². The van der Waals surface area contributed by atoms with Crippen LogP contribution in [0.25, 0.3) is 0 Å². The molecule has 694 valence electrons. The molecule has 0 radical (unpaired) electrons. The van der Waals surface area contributed by atoms with Gasteiger partial charge in [0.15, 0.2) is 26.4 Å². The van der Waals surface area contributed by atoms with Gasteiger partial charge >= 0.3 is 47.8 Å². The van der Waals surface area contributed by atoms with Crippen molar-refractivity contribution >= 4 is 47.8 Å². The van der Waals surface area contributed by atoms with E-state index < -0.39 is 23.9 Å². The number of unbranched alkanes of at least 4 members (excludes halogenated alkanes) is 1. The molecule has 4 saturated carbocycles. The van der Waals surface area contributed by atoms with Crippen molar-refractivity contribution in [2.75, 3.05) is 26.4 Å². The van der Waals surface area contributed by atoms with Gasteiger partial charge in [-0.2, -0.15) is 0 Å². The standard InChI is InChI=1S/2C25H36O6.C24H34O6.C23H32O6.3CH4/c1-4-18(31-25(29)10-15(2)3)8-9-19-20-11-16-6-5-7-23(30-14-24(27)28)21(16)12-17(20)13-22(19)26;1-3-5-9-25(29)31-18(4-2)10-11-19-20-12-16-7-6-8-23(30-15-24(27)28)21(16)13-17(20)14-22(19)26;1-3-6-24(28)30-17(4-2)9-10-18-19-11-15-7-5-8-22(29-14-23(26)27)20(15)12-16(19)13-21(18)25;1-3-16(29-23(27)4-2)8-9-17-18-10-14-6-5-7-21(28-13-22(25)26)19(14)11-15(18)12-20(17)24;;;/h5-7,15,17-20,22,26H,4,8-14H2,1-3H3,(H,27,28);6-8,17-20,22,26H,3-5,9-15H2,1-2H3,(H,27,28);5,7-8,16-19,21,25H,3-4,6,9-14H2,1-2H3,(H,26,27);5-7,15-18,20,24H,3-4,8-13H2,1-2H3,(H,25,26);3*1H4/t2*17-,18-,19+,20-,22+;16-,17-,18+,19-,21+;15-,16-,17+,18-,20+;;;/m0000.../s1. The van der Waals surface area contributed by atoms with E-state index in [4.69, 9.17) is 58.3 Å². The lowest BCUT2D eigenvalue weighted by Crippen LogP contribution is -2.28. The third kappa shape index (κ3) is 29.6. The van der Waals surface area contributed by atoms with Crippen molar-refractivity contribution in [2.24, 2.45) is 76.9 Å². The molecule has 12 rings (SSSR count). The molecule has 4 aromatic carbocycles. The van der Waals surface area contributed by atoms with E-state index in [1.54, 1.807) is 6.92 Å². The highest BCUT2D eigenvalue weighted by Crippen LogP contribution is 2.53. The summed E-state index contributed by atoms with van der Waals surface area (Å²) >= 11 is 0. The molecule has 0 bridgehead atoms. The minimum absolute atomic E-state index is 0. The molecule has 8 N–H and O–H groups in total. The summed E-state index contributed by atoms with van der Waals surface area (Å²) < 4.78 is 44.5. The summed E-state index contributed by atoms with van der Waals surface area (Å²) in [5, 5.41) is 78.8. The Balaban J connectivity index is 0.000000254. The molecule has 4 aromatic rings.